The molecule has 0 bridgehead atoms. The predicted octanol–water partition coefficient (Wildman–Crippen LogP) is 8.60. The Labute approximate surface area is 294 Å². The van der Waals surface area contributed by atoms with E-state index >= 15 is 0 Å². The third-order valence-corrected chi connectivity index (χ3v) is 12.3. The first-order valence-corrected chi connectivity index (χ1v) is 19.4. The van der Waals surface area contributed by atoms with E-state index in [0.717, 1.165) is 51.4 Å². The van der Waals surface area contributed by atoms with Gasteiger partial charge in [0.05, 0.1) is 18.5 Å². The lowest BCUT2D eigenvalue weighted by molar-refractivity contribution is 0.190. The zero-order valence-electron chi connectivity index (χ0n) is 29.6. The maximum absolute atomic E-state index is 6.77. The number of nitrogens with one attached hydrogen (secondary N) is 3. The molecule has 0 radical (unpaired) electrons. The fourth-order valence-electron chi connectivity index (χ4n) is 9.83. The fourth-order valence-corrected chi connectivity index (χ4v) is 9.83. The van der Waals surface area contributed by atoms with Gasteiger partial charge in [-0.25, -0.2) is 0 Å². The lowest BCUT2D eigenvalue weighted by Crippen LogP contribution is -2.69. The van der Waals surface area contributed by atoms with Crippen LogP contribution in [0.1, 0.15) is 98.6 Å². The van der Waals surface area contributed by atoms with Crippen molar-refractivity contribution < 1.29 is 0 Å². The molecule has 1 aliphatic heterocycles. The molecule has 7 aliphatic rings. The zero-order valence-corrected chi connectivity index (χ0v) is 29.6. The van der Waals surface area contributed by atoms with Crippen LogP contribution in [0.25, 0.3) is 18.2 Å². The molecule has 1 aromatic carbocycles. The van der Waals surface area contributed by atoms with Crippen molar-refractivity contribution in [1.29, 1.82) is 0 Å². The molecule has 4 heteroatoms. The highest BCUT2D eigenvalue weighted by Crippen LogP contribution is 2.46. The van der Waals surface area contributed by atoms with Crippen LogP contribution in [-0.4, -0.2) is 24.5 Å². The summed E-state index contributed by atoms with van der Waals surface area (Å²) in [5.74, 6) is 1.55. The summed E-state index contributed by atoms with van der Waals surface area (Å²) in [5.41, 5.74) is 20.4. The maximum atomic E-state index is 6.77. The van der Waals surface area contributed by atoms with Crippen LogP contribution >= 0.6 is 0 Å². The van der Waals surface area contributed by atoms with Gasteiger partial charge in [-0.15, -0.1) is 0 Å². The molecule has 8 rings (SSSR count). The highest BCUT2D eigenvalue weighted by molar-refractivity contribution is 5.80. The SMILES string of the molecule is C/C=C\C(C1=CC=C(C2NC(C3=CCCC=C3)NC(C3C=CCCC3)N2)CC1C1C=Cc2c3c(c4c(c2C1)CCC=C4)C=CCC3)C(C)N. The van der Waals surface area contributed by atoms with Crippen LogP contribution in [0, 0.1) is 23.7 Å². The molecular weight excluding hydrogens is 597 g/mol. The molecule has 8 unspecified atom stereocenters. The molecule has 8 atom stereocenters. The molecule has 6 aliphatic carbocycles. The minimum Gasteiger partial charge on any atom is -0.327 e. The van der Waals surface area contributed by atoms with Crippen LogP contribution in [0.5, 0.6) is 0 Å². The highest BCUT2D eigenvalue weighted by atomic mass is 15.4. The number of rotatable bonds is 7. The van der Waals surface area contributed by atoms with Crippen molar-refractivity contribution in [2.24, 2.45) is 29.4 Å². The van der Waals surface area contributed by atoms with E-state index in [1.807, 2.05) is 0 Å². The van der Waals surface area contributed by atoms with E-state index in [1.54, 1.807) is 16.7 Å². The summed E-state index contributed by atoms with van der Waals surface area (Å²) >= 11 is 0. The van der Waals surface area contributed by atoms with Crippen molar-refractivity contribution >= 4 is 18.2 Å². The van der Waals surface area contributed by atoms with Crippen molar-refractivity contribution in [3.8, 4) is 0 Å². The number of hydrogen-bond acceptors (Lipinski definition) is 4. The maximum Gasteiger partial charge on any atom is 0.0858 e. The molecule has 0 saturated carbocycles. The first-order valence-electron chi connectivity index (χ1n) is 19.4. The molecule has 1 heterocycles. The van der Waals surface area contributed by atoms with Crippen LogP contribution in [0.3, 0.4) is 0 Å². The second kappa shape index (κ2) is 14.5. The molecule has 0 spiro atoms. The van der Waals surface area contributed by atoms with Gasteiger partial charge in [-0.1, -0.05) is 96.7 Å². The minimum absolute atomic E-state index is 0.0588. The van der Waals surface area contributed by atoms with Crippen molar-refractivity contribution in [1.82, 2.24) is 16.0 Å². The Morgan fingerprint density at radius 1 is 0.735 bits per heavy atom. The zero-order chi connectivity index (χ0) is 33.3. The standard InChI is InChI=1S/C45H56N4/c1-3-14-34(29(2)46)39-26-24-33(45-48-43(30-15-6-4-7-16-30)47-44(49-45)31-17-8-5-9-18-31)28-41(39)32-23-25-40-37-21-11-10-19-35(37)36-20-12-13-22-38(36)42(40)27-32/h3,6,8,10,12,14-17,19-20,23-26,29,31-32,34,41,43-45,47-49H,4-5,7,9,11,13,18,21-22,27-28,46H2,1-2H3/b14-3-. The molecule has 49 heavy (non-hydrogen) atoms. The Kier molecular flexibility index (Phi) is 9.75. The van der Waals surface area contributed by atoms with Gasteiger partial charge in [-0.2, -0.15) is 0 Å². The van der Waals surface area contributed by atoms with Gasteiger partial charge in [0, 0.05) is 17.9 Å². The average molecular weight is 653 g/mol. The Bertz CT molecular complexity index is 1710. The van der Waals surface area contributed by atoms with Gasteiger partial charge in [-0.05, 0) is 141 Å². The van der Waals surface area contributed by atoms with Crippen molar-refractivity contribution in [3.05, 3.63) is 123 Å². The Morgan fingerprint density at radius 2 is 1.53 bits per heavy atom. The van der Waals surface area contributed by atoms with E-state index in [2.05, 4.69) is 121 Å². The molecule has 0 aromatic heterocycles. The molecule has 256 valence electrons. The number of fused-ring (bicyclic) bond motifs is 6. The lowest BCUT2D eigenvalue weighted by atomic mass is 9.67. The van der Waals surface area contributed by atoms with E-state index in [4.69, 9.17) is 5.73 Å². The molecule has 4 nitrogen and oxygen atoms in total. The van der Waals surface area contributed by atoms with Crippen LogP contribution in [0.2, 0.25) is 0 Å². The third kappa shape index (κ3) is 6.54. The van der Waals surface area contributed by atoms with Crippen LogP contribution in [0.4, 0.5) is 0 Å². The van der Waals surface area contributed by atoms with Gasteiger partial charge in [-0.3, -0.25) is 16.0 Å². The summed E-state index contributed by atoms with van der Waals surface area (Å²) in [4.78, 5) is 0. The van der Waals surface area contributed by atoms with Crippen LogP contribution in [0.15, 0.2) is 89.6 Å². The molecule has 1 fully saturated rings. The second-order valence-electron chi connectivity index (χ2n) is 15.5. The van der Waals surface area contributed by atoms with Gasteiger partial charge < -0.3 is 5.73 Å². The molecule has 5 N–H and O–H groups in total. The summed E-state index contributed by atoms with van der Waals surface area (Å²) in [6.07, 6.45) is 49.2. The van der Waals surface area contributed by atoms with Crippen molar-refractivity contribution in [2.45, 2.75) is 109 Å². The molecule has 1 aromatic rings. The van der Waals surface area contributed by atoms with E-state index in [1.165, 1.54) is 52.7 Å². The van der Waals surface area contributed by atoms with Crippen molar-refractivity contribution in [2.75, 3.05) is 0 Å². The van der Waals surface area contributed by atoms with E-state index in [9.17, 15) is 0 Å². The Balaban J connectivity index is 1.15. The average Bonchev–Trinajstić information content (AvgIpc) is 3.17. The quantitative estimate of drug-likeness (QED) is 0.223. The first kappa shape index (κ1) is 32.9. The summed E-state index contributed by atoms with van der Waals surface area (Å²) in [6, 6.07) is 0.0588. The molecule has 0 amide bonds. The fraction of sp³-hybridized carbons (Fsp3) is 0.467. The smallest absolute Gasteiger partial charge is 0.0858 e. The number of benzene rings is 1. The first-order chi connectivity index (χ1) is 24.1. The van der Waals surface area contributed by atoms with Crippen molar-refractivity contribution in [3.63, 3.8) is 0 Å². The van der Waals surface area contributed by atoms with Gasteiger partial charge in [0.25, 0.3) is 0 Å². The number of nitrogens with two attached hydrogens (primary N) is 1. The molecule has 1 saturated heterocycles. The minimum atomic E-state index is 0.0588. The van der Waals surface area contributed by atoms with Crippen LogP contribution < -0.4 is 21.7 Å². The Morgan fingerprint density at radius 3 is 2.29 bits per heavy atom. The van der Waals surface area contributed by atoms with E-state index in [-0.39, 0.29) is 30.5 Å². The summed E-state index contributed by atoms with van der Waals surface area (Å²) in [7, 11) is 0. The van der Waals surface area contributed by atoms with Gasteiger partial charge in [0.15, 0.2) is 0 Å². The highest BCUT2D eigenvalue weighted by Gasteiger charge is 2.39. The van der Waals surface area contributed by atoms with E-state index in [0.29, 0.717) is 17.8 Å². The summed E-state index contributed by atoms with van der Waals surface area (Å²) in [6.45, 7) is 4.32. The monoisotopic (exact) mass is 652 g/mol. The second-order valence-corrected chi connectivity index (χ2v) is 15.5. The molecular formula is C45H56N4. The predicted molar refractivity (Wildman–Crippen MR) is 207 cm³/mol. The summed E-state index contributed by atoms with van der Waals surface area (Å²) in [5, 5.41) is 12.1. The lowest BCUT2D eigenvalue weighted by Gasteiger charge is -2.45. The Hall–Kier alpha value is -3.28. The summed E-state index contributed by atoms with van der Waals surface area (Å²) < 4.78 is 0. The van der Waals surface area contributed by atoms with Gasteiger partial charge in [0.2, 0.25) is 0 Å². The van der Waals surface area contributed by atoms with Gasteiger partial charge >= 0.3 is 0 Å². The van der Waals surface area contributed by atoms with E-state index < -0.39 is 0 Å². The number of allylic oxidation sites excluding steroid dienone is 9. The largest absolute Gasteiger partial charge is 0.327 e. The topological polar surface area (TPSA) is 62.1 Å². The number of hydrogen-bond donors (Lipinski definition) is 4. The van der Waals surface area contributed by atoms with Crippen LogP contribution in [-0.2, 0) is 19.3 Å². The van der Waals surface area contributed by atoms with Gasteiger partial charge in [0.1, 0.15) is 0 Å². The normalized spacial score (nSPS) is 31.8. The third-order valence-electron chi connectivity index (χ3n) is 12.3.